The largest absolute Gasteiger partial charge is 0.478 e. The minimum absolute atomic E-state index is 0.555. The Kier molecular flexibility index (Phi) is 6.65. The van der Waals surface area contributed by atoms with E-state index >= 15 is 0 Å². The van der Waals surface area contributed by atoms with Crippen molar-refractivity contribution in [1.82, 2.24) is 15.2 Å². The van der Waals surface area contributed by atoms with Gasteiger partial charge in [0.25, 0.3) is 0 Å². The van der Waals surface area contributed by atoms with Crippen LogP contribution in [0.1, 0.15) is 43.0 Å². The van der Waals surface area contributed by atoms with Crippen LogP contribution >= 0.6 is 0 Å². The summed E-state index contributed by atoms with van der Waals surface area (Å²) in [6.45, 7) is 3.07. The van der Waals surface area contributed by atoms with Crippen LogP contribution in [0.5, 0.6) is 5.75 Å². The number of ether oxygens (including phenoxy) is 1. The van der Waals surface area contributed by atoms with Gasteiger partial charge in [0, 0.05) is 12.8 Å². The molecular formula is C23H27N3O3. The highest BCUT2D eigenvalue weighted by Crippen LogP contribution is 2.20. The fourth-order valence-corrected chi connectivity index (χ4v) is 2.98. The predicted octanol–water partition coefficient (Wildman–Crippen LogP) is 4.01. The van der Waals surface area contributed by atoms with Gasteiger partial charge in [-0.25, -0.2) is 9.78 Å². The fourth-order valence-electron chi connectivity index (χ4n) is 2.98. The Bertz CT molecular complexity index is 918. The number of hydrogen-bond donors (Lipinski definition) is 2. The molecule has 0 amide bonds. The highest BCUT2D eigenvalue weighted by Gasteiger charge is 2.29. The monoisotopic (exact) mass is 393 g/mol. The predicted molar refractivity (Wildman–Crippen MR) is 111 cm³/mol. The lowest BCUT2D eigenvalue weighted by Gasteiger charge is -2.21. The number of carbonyl (C=O) groups is 1. The lowest BCUT2D eigenvalue weighted by Crippen LogP contribution is -2.37. The van der Waals surface area contributed by atoms with E-state index in [0.29, 0.717) is 5.75 Å². The Morgan fingerprint density at radius 1 is 0.966 bits per heavy atom. The number of aromatic nitrogens is 3. The number of nitrogens with zero attached hydrogens (tertiary/aromatic N) is 2. The van der Waals surface area contributed by atoms with E-state index in [9.17, 15) is 4.79 Å². The van der Waals surface area contributed by atoms with E-state index < -0.39 is 11.6 Å². The van der Waals surface area contributed by atoms with Crippen molar-refractivity contribution in [2.24, 2.45) is 0 Å². The minimum atomic E-state index is -1.24. The lowest BCUT2D eigenvalue weighted by molar-refractivity contribution is -0.152. The van der Waals surface area contributed by atoms with Crippen LogP contribution in [0.15, 0.2) is 54.6 Å². The molecule has 3 rings (SSSR count). The van der Waals surface area contributed by atoms with Crippen molar-refractivity contribution in [2.45, 2.75) is 51.6 Å². The molecule has 0 aliphatic carbocycles. The molecule has 1 heterocycles. The molecule has 0 aliphatic heterocycles. The quantitative estimate of drug-likeness (QED) is 0.543. The molecule has 0 bridgehead atoms. The summed E-state index contributed by atoms with van der Waals surface area (Å²) in [5.74, 6) is 1.33. The molecule has 6 heteroatoms. The lowest BCUT2D eigenvalue weighted by atomic mass is 10.1. The van der Waals surface area contributed by atoms with Crippen molar-refractivity contribution in [3.63, 3.8) is 0 Å². The second-order valence-electron chi connectivity index (χ2n) is 7.60. The summed E-state index contributed by atoms with van der Waals surface area (Å²) in [5, 5.41) is 16.5. The Hall–Kier alpha value is -3.15. The number of carboxylic acid groups (broad SMARTS) is 1. The molecular weight excluding hydrogens is 366 g/mol. The maximum atomic E-state index is 11.1. The van der Waals surface area contributed by atoms with Crippen LogP contribution in [0.25, 0.3) is 0 Å². The number of hydrogen-bond acceptors (Lipinski definition) is 4. The zero-order valence-corrected chi connectivity index (χ0v) is 16.9. The number of benzene rings is 2. The molecule has 152 valence electrons. The zero-order chi connectivity index (χ0) is 20.7. The van der Waals surface area contributed by atoms with Crippen LogP contribution in [-0.2, 0) is 30.5 Å². The van der Waals surface area contributed by atoms with Gasteiger partial charge < -0.3 is 9.84 Å². The number of aromatic amines is 1. The molecule has 2 N–H and O–H groups in total. The molecule has 0 saturated carbocycles. The summed E-state index contributed by atoms with van der Waals surface area (Å²) in [7, 11) is 0. The second kappa shape index (κ2) is 9.37. The number of aliphatic carboxylic acids is 1. The Balaban J connectivity index is 1.43. The van der Waals surface area contributed by atoms with Crippen molar-refractivity contribution in [3.8, 4) is 5.75 Å². The molecule has 6 nitrogen and oxygen atoms in total. The molecule has 29 heavy (non-hydrogen) atoms. The summed E-state index contributed by atoms with van der Waals surface area (Å²) in [4.78, 5) is 15.7. The first-order valence-electron chi connectivity index (χ1n) is 9.88. The van der Waals surface area contributed by atoms with Gasteiger partial charge in [0.1, 0.15) is 11.6 Å². The van der Waals surface area contributed by atoms with E-state index in [1.54, 1.807) is 0 Å². The van der Waals surface area contributed by atoms with Crippen LogP contribution in [0.2, 0.25) is 0 Å². The van der Waals surface area contributed by atoms with Gasteiger partial charge in [-0.05, 0) is 56.4 Å². The van der Waals surface area contributed by atoms with E-state index in [1.165, 1.54) is 25.0 Å². The SMILES string of the molecule is CC(C)(Oc1ccc(CCCc2nc(CCc3ccccc3)n[nH]2)cc1)C(=O)O. The van der Waals surface area contributed by atoms with Crippen LogP contribution in [0, 0.1) is 0 Å². The van der Waals surface area contributed by atoms with E-state index in [1.807, 2.05) is 42.5 Å². The molecule has 0 fully saturated rings. The van der Waals surface area contributed by atoms with Crippen LogP contribution < -0.4 is 4.74 Å². The second-order valence-corrected chi connectivity index (χ2v) is 7.60. The molecule has 0 spiro atoms. The molecule has 0 atom stereocenters. The van der Waals surface area contributed by atoms with Gasteiger partial charge in [0.2, 0.25) is 0 Å². The average molecular weight is 393 g/mol. The number of aryl methyl sites for hydroxylation is 4. The summed E-state index contributed by atoms with van der Waals surface area (Å²) >= 11 is 0. The van der Waals surface area contributed by atoms with Crippen LogP contribution in [-0.4, -0.2) is 31.9 Å². The van der Waals surface area contributed by atoms with Crippen molar-refractivity contribution in [2.75, 3.05) is 0 Å². The van der Waals surface area contributed by atoms with Crippen LogP contribution in [0.3, 0.4) is 0 Å². The summed E-state index contributed by atoms with van der Waals surface area (Å²) in [5.41, 5.74) is 1.22. The fraction of sp³-hybridized carbons (Fsp3) is 0.348. The Morgan fingerprint density at radius 2 is 1.66 bits per heavy atom. The van der Waals surface area contributed by atoms with Gasteiger partial charge in [-0.3, -0.25) is 5.10 Å². The third-order valence-electron chi connectivity index (χ3n) is 4.75. The number of carboxylic acids is 1. The third-order valence-corrected chi connectivity index (χ3v) is 4.75. The molecule has 0 aliphatic rings. The first-order chi connectivity index (χ1) is 13.9. The van der Waals surface area contributed by atoms with Crippen molar-refractivity contribution >= 4 is 5.97 Å². The van der Waals surface area contributed by atoms with Gasteiger partial charge in [-0.15, -0.1) is 0 Å². The molecule has 1 aromatic heterocycles. The first-order valence-corrected chi connectivity index (χ1v) is 9.88. The maximum absolute atomic E-state index is 11.1. The zero-order valence-electron chi connectivity index (χ0n) is 16.9. The topological polar surface area (TPSA) is 88.1 Å². The van der Waals surface area contributed by atoms with Crippen molar-refractivity contribution in [3.05, 3.63) is 77.4 Å². The normalized spacial score (nSPS) is 11.4. The van der Waals surface area contributed by atoms with Gasteiger partial charge in [-0.2, -0.15) is 5.10 Å². The van der Waals surface area contributed by atoms with E-state index in [0.717, 1.165) is 43.8 Å². The smallest absolute Gasteiger partial charge is 0.347 e. The summed E-state index contributed by atoms with van der Waals surface area (Å²) < 4.78 is 5.53. The van der Waals surface area contributed by atoms with Gasteiger partial charge >= 0.3 is 5.97 Å². The molecule has 0 unspecified atom stereocenters. The van der Waals surface area contributed by atoms with E-state index in [2.05, 4.69) is 27.3 Å². The summed E-state index contributed by atoms with van der Waals surface area (Å²) in [6, 6.07) is 17.9. The number of H-pyrrole nitrogens is 1. The van der Waals surface area contributed by atoms with Crippen LogP contribution in [0.4, 0.5) is 0 Å². The highest BCUT2D eigenvalue weighted by molar-refractivity contribution is 5.76. The van der Waals surface area contributed by atoms with Gasteiger partial charge in [0.05, 0.1) is 0 Å². The Morgan fingerprint density at radius 3 is 2.34 bits per heavy atom. The third kappa shape index (κ3) is 6.17. The van der Waals surface area contributed by atoms with E-state index in [4.69, 9.17) is 9.84 Å². The summed E-state index contributed by atoms with van der Waals surface area (Å²) in [6.07, 6.45) is 4.46. The number of rotatable bonds is 10. The Labute approximate surface area is 171 Å². The standard InChI is InChI=1S/C23H27N3O3/c1-23(2,22(27)28)29-19-14-11-18(12-15-19)9-6-10-20-24-21(26-25-20)16-13-17-7-4-3-5-8-17/h3-5,7-8,11-12,14-15H,6,9-10,13,16H2,1-2H3,(H,27,28)(H,24,25,26). The van der Waals surface area contributed by atoms with Gasteiger partial charge in [-0.1, -0.05) is 42.5 Å². The van der Waals surface area contributed by atoms with Crippen molar-refractivity contribution in [1.29, 1.82) is 0 Å². The van der Waals surface area contributed by atoms with E-state index in [-0.39, 0.29) is 0 Å². The van der Waals surface area contributed by atoms with Gasteiger partial charge in [0.15, 0.2) is 11.4 Å². The molecule has 3 aromatic rings. The average Bonchev–Trinajstić information content (AvgIpc) is 3.16. The minimum Gasteiger partial charge on any atom is -0.478 e. The molecule has 2 aromatic carbocycles. The molecule has 0 saturated heterocycles. The number of nitrogens with one attached hydrogen (secondary N) is 1. The van der Waals surface area contributed by atoms with Crippen molar-refractivity contribution < 1.29 is 14.6 Å². The highest BCUT2D eigenvalue weighted by atomic mass is 16.5. The molecule has 0 radical (unpaired) electrons. The first kappa shape index (κ1) is 20.6. The maximum Gasteiger partial charge on any atom is 0.347 e.